The van der Waals surface area contributed by atoms with Crippen molar-refractivity contribution in [3.8, 4) is 11.1 Å². The third kappa shape index (κ3) is 6.90. The molecule has 42 heavy (non-hydrogen) atoms. The third-order valence-electron chi connectivity index (χ3n) is 9.64. The van der Waals surface area contributed by atoms with Crippen molar-refractivity contribution in [2.24, 2.45) is 0 Å². The van der Waals surface area contributed by atoms with Crippen molar-refractivity contribution >= 4 is 17.8 Å². The van der Waals surface area contributed by atoms with Gasteiger partial charge in [0.1, 0.15) is 6.10 Å². The molecule has 2 aromatic rings. The van der Waals surface area contributed by atoms with Crippen molar-refractivity contribution < 1.29 is 14.3 Å². The largest absolute Gasteiger partial charge is 0.446 e. The minimum absolute atomic E-state index is 0.0736. The maximum Gasteiger partial charge on any atom is 0.411 e. The lowest BCUT2D eigenvalue weighted by atomic mass is 10.0. The molecule has 226 valence electrons. The summed E-state index contributed by atoms with van der Waals surface area (Å²) in [6, 6.07) is 19.5. The topological polar surface area (TPSA) is 71.6 Å². The maximum atomic E-state index is 12.9. The first-order valence-corrected chi connectivity index (χ1v) is 15.9. The average Bonchev–Trinajstić information content (AvgIpc) is 3.69. The van der Waals surface area contributed by atoms with Crippen molar-refractivity contribution in [2.45, 2.75) is 50.3 Å². The van der Waals surface area contributed by atoms with Crippen LogP contribution in [0.25, 0.3) is 11.1 Å². The molecule has 4 aliphatic rings. The fourth-order valence-electron chi connectivity index (χ4n) is 7.22. The van der Waals surface area contributed by atoms with Crippen molar-refractivity contribution in [1.82, 2.24) is 24.5 Å². The fourth-order valence-corrected chi connectivity index (χ4v) is 7.22. The number of fused-ring (bicyclic) bond motifs is 2. The van der Waals surface area contributed by atoms with E-state index in [9.17, 15) is 9.59 Å². The normalized spacial score (nSPS) is 23.7. The molecular formula is C33H46N6O3. The van der Waals surface area contributed by atoms with Crippen LogP contribution in [-0.2, 0) is 4.74 Å². The lowest BCUT2D eigenvalue weighted by molar-refractivity contribution is 0.0581. The number of amides is 3. The Kier molecular flexibility index (Phi) is 9.27. The molecule has 6 rings (SSSR count). The molecule has 4 fully saturated rings. The van der Waals surface area contributed by atoms with Gasteiger partial charge in [-0.1, -0.05) is 48.5 Å². The van der Waals surface area contributed by atoms with Crippen molar-refractivity contribution in [3.63, 3.8) is 0 Å². The van der Waals surface area contributed by atoms with Crippen LogP contribution in [0.5, 0.6) is 0 Å². The fraction of sp³-hybridized carbons (Fsp3) is 0.576. The van der Waals surface area contributed by atoms with E-state index in [1.165, 1.54) is 19.5 Å². The van der Waals surface area contributed by atoms with Gasteiger partial charge >= 0.3 is 12.1 Å². The van der Waals surface area contributed by atoms with Gasteiger partial charge in [0.15, 0.2) is 0 Å². The molecule has 1 N–H and O–H groups in total. The minimum atomic E-state index is -0.394. The predicted octanol–water partition coefficient (Wildman–Crippen LogP) is 4.27. The molecule has 0 spiro atoms. The van der Waals surface area contributed by atoms with E-state index < -0.39 is 6.09 Å². The number of rotatable bonds is 11. The molecule has 4 heterocycles. The summed E-state index contributed by atoms with van der Waals surface area (Å²) in [4.78, 5) is 37.3. The lowest BCUT2D eigenvalue weighted by Gasteiger charge is -2.32. The van der Waals surface area contributed by atoms with Crippen LogP contribution in [0.3, 0.4) is 0 Å². The van der Waals surface area contributed by atoms with E-state index >= 15 is 0 Å². The van der Waals surface area contributed by atoms with Gasteiger partial charge in [-0.15, -0.1) is 0 Å². The summed E-state index contributed by atoms with van der Waals surface area (Å²) in [7, 11) is 2.24. The van der Waals surface area contributed by atoms with E-state index in [1.807, 2.05) is 64.4 Å². The smallest absolute Gasteiger partial charge is 0.411 e. The summed E-state index contributed by atoms with van der Waals surface area (Å²) < 4.78 is 5.79. The first-order chi connectivity index (χ1) is 20.5. The number of ether oxygens (including phenoxy) is 1. The lowest BCUT2D eigenvalue weighted by Crippen LogP contribution is -2.45. The Morgan fingerprint density at radius 3 is 2.21 bits per heavy atom. The highest BCUT2D eigenvalue weighted by Gasteiger charge is 2.41. The highest BCUT2D eigenvalue weighted by molar-refractivity contribution is 5.91. The maximum absolute atomic E-state index is 12.9. The summed E-state index contributed by atoms with van der Waals surface area (Å²) in [5.74, 6) is 0. The number of hydrogen-bond acceptors (Lipinski definition) is 6. The molecule has 2 aromatic carbocycles. The molecule has 4 saturated heterocycles. The van der Waals surface area contributed by atoms with Crippen LogP contribution in [0.15, 0.2) is 54.6 Å². The number of nitrogens with one attached hydrogen (secondary N) is 1. The van der Waals surface area contributed by atoms with Crippen LogP contribution in [0.2, 0.25) is 0 Å². The first-order valence-electron chi connectivity index (χ1n) is 15.9. The zero-order valence-corrected chi connectivity index (χ0v) is 25.0. The number of likely N-dealkylation sites (tertiary alicyclic amines) is 3. The number of nitrogens with zero attached hydrogens (tertiary/aromatic N) is 5. The third-order valence-corrected chi connectivity index (χ3v) is 9.64. The number of likely N-dealkylation sites (N-methyl/N-ethyl adjacent to an activating group) is 1. The summed E-state index contributed by atoms with van der Waals surface area (Å²) >= 11 is 0. The Labute approximate surface area is 250 Å². The van der Waals surface area contributed by atoms with Gasteiger partial charge in [0.05, 0.1) is 5.69 Å². The van der Waals surface area contributed by atoms with E-state index in [4.69, 9.17) is 4.74 Å². The number of para-hydroxylation sites is 1. The van der Waals surface area contributed by atoms with Gasteiger partial charge < -0.3 is 24.3 Å². The van der Waals surface area contributed by atoms with Crippen LogP contribution in [0.1, 0.15) is 32.1 Å². The summed E-state index contributed by atoms with van der Waals surface area (Å²) in [6.45, 7) is 9.69. The number of benzene rings is 2. The molecule has 0 saturated carbocycles. The van der Waals surface area contributed by atoms with Crippen LogP contribution >= 0.6 is 0 Å². The predicted molar refractivity (Wildman–Crippen MR) is 166 cm³/mol. The quantitative estimate of drug-likeness (QED) is 0.432. The second-order valence-electron chi connectivity index (χ2n) is 12.4. The van der Waals surface area contributed by atoms with Gasteiger partial charge in [-0.05, 0) is 57.3 Å². The van der Waals surface area contributed by atoms with E-state index in [2.05, 4.69) is 27.1 Å². The molecule has 4 aliphatic heterocycles. The molecule has 3 amide bonds. The van der Waals surface area contributed by atoms with E-state index in [1.54, 1.807) is 0 Å². The van der Waals surface area contributed by atoms with Gasteiger partial charge in [0.2, 0.25) is 0 Å². The molecule has 0 aromatic heterocycles. The number of urea groups is 1. The van der Waals surface area contributed by atoms with E-state index in [-0.39, 0.29) is 12.1 Å². The highest BCUT2D eigenvalue weighted by atomic mass is 16.6. The Bertz CT molecular complexity index is 1200. The van der Waals surface area contributed by atoms with Crippen LogP contribution in [-0.4, -0.2) is 127 Å². The summed E-state index contributed by atoms with van der Waals surface area (Å²) in [5.41, 5.74) is 2.79. The van der Waals surface area contributed by atoms with Crippen LogP contribution in [0.4, 0.5) is 15.3 Å². The monoisotopic (exact) mass is 574 g/mol. The van der Waals surface area contributed by atoms with Gasteiger partial charge in [-0.25, -0.2) is 9.59 Å². The van der Waals surface area contributed by atoms with Gasteiger partial charge in [-0.2, -0.15) is 0 Å². The van der Waals surface area contributed by atoms with Crippen molar-refractivity contribution in [1.29, 1.82) is 0 Å². The van der Waals surface area contributed by atoms with E-state index in [0.29, 0.717) is 0 Å². The number of carbonyl (C=O) groups excluding carboxylic acids is 2. The first kappa shape index (κ1) is 29.0. The number of piperidine rings is 1. The van der Waals surface area contributed by atoms with Crippen LogP contribution < -0.4 is 5.32 Å². The molecule has 0 radical (unpaired) electrons. The summed E-state index contributed by atoms with van der Waals surface area (Å²) in [6.07, 6.45) is 4.56. The van der Waals surface area contributed by atoms with Gasteiger partial charge in [-0.3, -0.25) is 10.2 Å². The molecule has 2 atom stereocenters. The number of hydrogen-bond donors (Lipinski definition) is 1. The molecular weight excluding hydrogens is 528 g/mol. The Morgan fingerprint density at radius 1 is 0.833 bits per heavy atom. The van der Waals surface area contributed by atoms with Crippen molar-refractivity contribution in [3.05, 3.63) is 54.6 Å². The molecule has 9 nitrogen and oxygen atoms in total. The highest BCUT2D eigenvalue weighted by Crippen LogP contribution is 2.30. The standard InChI is InChI=1S/C33H46N6O3/c1-35-24-28-23-27(35)25-39(28)18-8-17-38-22-21-37(33(38)41)16-7-15-36-19-13-29(14-20-36)42-32(40)34-31-12-6-5-11-30(31)26-9-3-2-4-10-26/h2-6,9-12,27-29H,7-8,13-25H2,1H3,(H,34,40)/t27-,28+/m0/s1. The molecule has 9 heteroatoms. The van der Waals surface area contributed by atoms with E-state index in [0.717, 1.165) is 107 Å². The zero-order chi connectivity index (χ0) is 28.9. The number of piperazine rings is 1. The van der Waals surface area contributed by atoms with Crippen LogP contribution in [0, 0.1) is 0 Å². The second kappa shape index (κ2) is 13.4. The molecule has 2 bridgehead atoms. The Balaban J connectivity index is 0.853. The number of carbonyl (C=O) groups is 2. The SMILES string of the molecule is CN1C[C@H]2C[C@H]1CN2CCCN1CCN(CCCN2CCC(OC(=O)Nc3ccccc3-c3ccccc3)CC2)C1=O. The van der Waals surface area contributed by atoms with Crippen molar-refractivity contribution in [2.75, 3.05) is 77.8 Å². The average molecular weight is 575 g/mol. The van der Waals surface area contributed by atoms with Gasteiger partial charge in [0.25, 0.3) is 0 Å². The molecule has 0 aliphatic carbocycles. The Hall–Kier alpha value is -3.14. The van der Waals surface area contributed by atoms with Gasteiger partial charge in [0, 0.05) is 76.5 Å². The Morgan fingerprint density at radius 2 is 1.52 bits per heavy atom. The number of anilines is 1. The zero-order valence-electron chi connectivity index (χ0n) is 25.0. The minimum Gasteiger partial charge on any atom is -0.446 e. The molecule has 0 unspecified atom stereocenters. The second-order valence-corrected chi connectivity index (χ2v) is 12.4. The summed E-state index contributed by atoms with van der Waals surface area (Å²) in [5, 5.41) is 2.96.